The summed E-state index contributed by atoms with van der Waals surface area (Å²) >= 11 is 0. The van der Waals surface area contributed by atoms with E-state index in [0.717, 1.165) is 23.1 Å². The van der Waals surface area contributed by atoms with E-state index in [0.29, 0.717) is 5.65 Å². The van der Waals surface area contributed by atoms with Crippen molar-refractivity contribution in [3.05, 3.63) is 54.4 Å². The first-order chi connectivity index (χ1) is 10.5. The van der Waals surface area contributed by atoms with E-state index in [1.165, 1.54) is 10.1 Å². The molecular formula is C17H18N4O. The third-order valence-electron chi connectivity index (χ3n) is 3.55. The zero-order valence-corrected chi connectivity index (χ0v) is 12.7. The lowest BCUT2D eigenvalue weighted by Gasteiger charge is -2.10. The zero-order chi connectivity index (χ0) is 15.7. The van der Waals surface area contributed by atoms with Crippen molar-refractivity contribution in [2.45, 2.75) is 6.54 Å². The van der Waals surface area contributed by atoms with E-state index in [9.17, 15) is 4.79 Å². The third-order valence-corrected chi connectivity index (χ3v) is 3.55. The molecule has 2 N–H and O–H groups in total. The van der Waals surface area contributed by atoms with E-state index < -0.39 is 6.03 Å². The highest BCUT2D eigenvalue weighted by molar-refractivity contribution is 5.90. The van der Waals surface area contributed by atoms with Crippen LogP contribution in [0.25, 0.3) is 22.2 Å². The number of hydrogen-bond donors (Lipinski definition) is 1. The molecule has 2 aromatic heterocycles. The zero-order valence-electron chi connectivity index (χ0n) is 12.7. The molecule has 0 aliphatic rings. The Kier molecular flexibility index (Phi) is 3.65. The fourth-order valence-corrected chi connectivity index (χ4v) is 2.53. The van der Waals surface area contributed by atoms with Crippen molar-refractivity contribution in [2.24, 2.45) is 5.73 Å². The fourth-order valence-electron chi connectivity index (χ4n) is 2.53. The van der Waals surface area contributed by atoms with E-state index in [-0.39, 0.29) is 0 Å². The highest BCUT2D eigenvalue weighted by atomic mass is 16.2. The molecular weight excluding hydrogens is 276 g/mol. The molecule has 0 saturated heterocycles. The Morgan fingerprint density at radius 2 is 1.91 bits per heavy atom. The molecule has 3 aromatic rings. The largest absolute Gasteiger partial charge is 0.351 e. The Morgan fingerprint density at radius 3 is 2.55 bits per heavy atom. The van der Waals surface area contributed by atoms with Gasteiger partial charge in [0.2, 0.25) is 0 Å². The van der Waals surface area contributed by atoms with Crippen molar-refractivity contribution in [3.63, 3.8) is 0 Å². The molecule has 1 amide bonds. The van der Waals surface area contributed by atoms with Crippen molar-refractivity contribution >= 4 is 17.1 Å². The number of pyridine rings is 1. The molecule has 0 aliphatic carbocycles. The summed E-state index contributed by atoms with van der Waals surface area (Å²) in [5.41, 5.74) is 9.28. The van der Waals surface area contributed by atoms with Crippen molar-refractivity contribution in [1.82, 2.24) is 14.5 Å². The summed E-state index contributed by atoms with van der Waals surface area (Å²) in [6, 6.07) is 11.8. The van der Waals surface area contributed by atoms with Gasteiger partial charge in [0.15, 0.2) is 0 Å². The minimum atomic E-state index is -0.525. The number of amides is 1. The van der Waals surface area contributed by atoms with E-state index >= 15 is 0 Å². The minimum absolute atomic E-state index is 0.525. The van der Waals surface area contributed by atoms with E-state index in [4.69, 9.17) is 5.73 Å². The molecule has 0 spiro atoms. The van der Waals surface area contributed by atoms with Crippen LogP contribution >= 0.6 is 0 Å². The number of carbonyl (C=O) groups is 1. The number of carbonyl (C=O) groups excluding carboxylic acids is 1. The Hall–Kier alpha value is -2.66. The molecule has 0 fully saturated rings. The second kappa shape index (κ2) is 5.61. The first-order valence-electron chi connectivity index (χ1n) is 7.05. The smallest absolute Gasteiger partial charge is 0.324 e. The van der Waals surface area contributed by atoms with Crippen molar-refractivity contribution < 1.29 is 4.79 Å². The summed E-state index contributed by atoms with van der Waals surface area (Å²) in [6.45, 7) is 0.916. The molecule has 5 nitrogen and oxygen atoms in total. The van der Waals surface area contributed by atoms with Gasteiger partial charge >= 0.3 is 6.03 Å². The van der Waals surface area contributed by atoms with Gasteiger partial charge in [-0.25, -0.2) is 9.78 Å². The van der Waals surface area contributed by atoms with Crippen LogP contribution in [0.3, 0.4) is 0 Å². The first kappa shape index (κ1) is 14.3. The SMILES string of the molecule is CN(C)Cc1ccc(-c2cnc3c(ccn3C(N)=O)c2)cc1. The van der Waals surface area contributed by atoms with Gasteiger partial charge in [-0.2, -0.15) is 0 Å². The van der Waals surface area contributed by atoms with Crippen LogP contribution in [0.15, 0.2) is 48.8 Å². The van der Waals surface area contributed by atoms with Crippen LogP contribution in [0.4, 0.5) is 4.79 Å². The maximum atomic E-state index is 11.3. The molecule has 0 aliphatic heterocycles. The molecule has 3 rings (SSSR count). The van der Waals surface area contributed by atoms with Gasteiger partial charge in [-0.3, -0.25) is 4.57 Å². The van der Waals surface area contributed by atoms with Crippen LogP contribution in [0.1, 0.15) is 5.56 Å². The summed E-state index contributed by atoms with van der Waals surface area (Å²) in [5.74, 6) is 0. The van der Waals surface area contributed by atoms with Gasteiger partial charge in [0.1, 0.15) is 5.65 Å². The molecule has 5 heteroatoms. The first-order valence-corrected chi connectivity index (χ1v) is 7.05. The molecule has 1 aromatic carbocycles. The van der Waals surface area contributed by atoms with E-state index in [1.807, 2.05) is 12.1 Å². The third kappa shape index (κ3) is 2.71. The van der Waals surface area contributed by atoms with Gasteiger partial charge < -0.3 is 10.6 Å². The fraction of sp³-hybridized carbons (Fsp3) is 0.176. The van der Waals surface area contributed by atoms with Gasteiger partial charge in [-0.1, -0.05) is 24.3 Å². The van der Waals surface area contributed by atoms with Crippen molar-refractivity contribution in [1.29, 1.82) is 0 Å². The Morgan fingerprint density at radius 1 is 1.18 bits per heavy atom. The second-order valence-corrected chi connectivity index (χ2v) is 5.60. The molecule has 0 radical (unpaired) electrons. The van der Waals surface area contributed by atoms with Crippen LogP contribution < -0.4 is 5.73 Å². The van der Waals surface area contributed by atoms with Gasteiger partial charge in [0.25, 0.3) is 0 Å². The highest BCUT2D eigenvalue weighted by Crippen LogP contribution is 2.23. The molecule has 0 bridgehead atoms. The second-order valence-electron chi connectivity index (χ2n) is 5.60. The maximum absolute atomic E-state index is 11.3. The van der Waals surface area contributed by atoms with E-state index in [1.54, 1.807) is 12.4 Å². The number of benzene rings is 1. The lowest BCUT2D eigenvalue weighted by molar-refractivity contribution is 0.251. The summed E-state index contributed by atoms with van der Waals surface area (Å²) in [5, 5.41) is 0.897. The van der Waals surface area contributed by atoms with Crippen LogP contribution in [-0.2, 0) is 6.54 Å². The predicted molar refractivity (Wildman–Crippen MR) is 87.5 cm³/mol. The van der Waals surface area contributed by atoms with Gasteiger partial charge in [0, 0.05) is 29.9 Å². The molecule has 0 unspecified atom stereocenters. The monoisotopic (exact) mass is 294 g/mol. The quantitative estimate of drug-likeness (QED) is 0.807. The number of primary amides is 1. The summed E-state index contributed by atoms with van der Waals surface area (Å²) in [6.07, 6.45) is 3.41. The number of hydrogen-bond acceptors (Lipinski definition) is 3. The standard InChI is InChI=1S/C17H18N4O/c1-20(2)11-12-3-5-13(6-4-12)15-9-14-7-8-21(17(18)22)16(14)19-10-15/h3-10H,11H2,1-2H3,(H2,18,22). The topological polar surface area (TPSA) is 64.2 Å². The van der Waals surface area contributed by atoms with Crippen molar-refractivity contribution in [3.8, 4) is 11.1 Å². The number of nitrogens with two attached hydrogens (primary N) is 1. The van der Waals surface area contributed by atoms with Crippen LogP contribution in [-0.4, -0.2) is 34.6 Å². The Bertz CT molecular complexity index is 818. The highest BCUT2D eigenvalue weighted by Gasteiger charge is 2.08. The summed E-state index contributed by atoms with van der Waals surface area (Å²) in [4.78, 5) is 17.8. The number of rotatable bonds is 3. The minimum Gasteiger partial charge on any atom is -0.351 e. The number of aromatic nitrogens is 2. The molecule has 2 heterocycles. The summed E-state index contributed by atoms with van der Waals surface area (Å²) < 4.78 is 1.35. The Labute approximate surface area is 129 Å². The van der Waals surface area contributed by atoms with E-state index in [2.05, 4.69) is 48.2 Å². The van der Waals surface area contributed by atoms with Gasteiger partial charge in [-0.15, -0.1) is 0 Å². The van der Waals surface area contributed by atoms with Crippen LogP contribution in [0.2, 0.25) is 0 Å². The number of fused-ring (bicyclic) bond motifs is 1. The number of nitrogens with zero attached hydrogens (tertiary/aromatic N) is 3. The van der Waals surface area contributed by atoms with Gasteiger partial charge in [0.05, 0.1) is 0 Å². The lowest BCUT2D eigenvalue weighted by Crippen LogP contribution is -2.18. The molecule has 0 saturated carbocycles. The predicted octanol–water partition coefficient (Wildman–Crippen LogP) is 2.69. The molecule has 22 heavy (non-hydrogen) atoms. The Balaban J connectivity index is 1.95. The maximum Gasteiger partial charge on any atom is 0.324 e. The lowest BCUT2D eigenvalue weighted by atomic mass is 10.0. The van der Waals surface area contributed by atoms with Gasteiger partial charge in [-0.05, 0) is 37.4 Å². The molecule has 112 valence electrons. The average Bonchev–Trinajstić information content (AvgIpc) is 2.90. The van der Waals surface area contributed by atoms with Crippen LogP contribution in [0.5, 0.6) is 0 Å². The van der Waals surface area contributed by atoms with Crippen LogP contribution in [0, 0.1) is 0 Å². The molecule has 0 atom stereocenters. The average molecular weight is 294 g/mol. The summed E-state index contributed by atoms with van der Waals surface area (Å²) in [7, 11) is 4.10. The normalized spacial score (nSPS) is 11.2. The van der Waals surface area contributed by atoms with Crippen molar-refractivity contribution in [2.75, 3.05) is 14.1 Å².